The van der Waals surface area contributed by atoms with E-state index >= 15 is 0 Å². The number of hydrogen-bond donors (Lipinski definition) is 1. The summed E-state index contributed by atoms with van der Waals surface area (Å²) in [6.07, 6.45) is 4.03. The van der Waals surface area contributed by atoms with E-state index in [1.54, 1.807) is 18.6 Å². The van der Waals surface area contributed by atoms with Crippen LogP contribution in [0.25, 0.3) is 0 Å². The summed E-state index contributed by atoms with van der Waals surface area (Å²) in [5, 5.41) is 17.5. The van der Waals surface area contributed by atoms with E-state index < -0.39 is 6.09 Å². The molecule has 2 aromatic heterocycles. The quantitative estimate of drug-likeness (QED) is 0.654. The smallest absolute Gasteiger partial charge is 0.157 e. The number of benzene rings is 1. The minimum absolute atomic E-state index is 0.563. The van der Waals surface area contributed by atoms with Gasteiger partial charge in [-0.2, -0.15) is 0 Å². The van der Waals surface area contributed by atoms with Gasteiger partial charge in [0.2, 0.25) is 0 Å². The third-order valence-electron chi connectivity index (χ3n) is 5.84. The molecular formula is C23H24N7O2-. The van der Waals surface area contributed by atoms with Crippen LogP contribution in [-0.4, -0.2) is 52.3 Å². The van der Waals surface area contributed by atoms with Crippen LogP contribution in [0.15, 0.2) is 67.1 Å². The van der Waals surface area contributed by atoms with Crippen LogP contribution in [0.4, 0.5) is 22.0 Å². The van der Waals surface area contributed by atoms with Gasteiger partial charge in [-0.05, 0) is 41.5 Å². The molecule has 4 heterocycles. The first-order valence-corrected chi connectivity index (χ1v) is 10.6. The number of carbonyl (C=O) groups excluding carboxylic acids is 1. The van der Waals surface area contributed by atoms with Crippen molar-refractivity contribution in [2.24, 2.45) is 0 Å². The number of carboxylic acid groups (broad SMARTS) is 1. The lowest BCUT2D eigenvalue weighted by atomic mass is 10.1. The fraction of sp³-hybridized carbons (Fsp3) is 0.261. The number of nitrogens with zero attached hydrogens (tertiary/aromatic N) is 6. The Hall–Kier alpha value is -3.69. The van der Waals surface area contributed by atoms with E-state index in [1.807, 2.05) is 53.5 Å². The molecule has 0 saturated carbocycles. The zero-order chi connectivity index (χ0) is 21.9. The Morgan fingerprint density at radius 1 is 0.938 bits per heavy atom. The van der Waals surface area contributed by atoms with Gasteiger partial charge >= 0.3 is 0 Å². The van der Waals surface area contributed by atoms with Crippen molar-refractivity contribution in [2.45, 2.75) is 13.1 Å². The SMILES string of the molecule is O=C([O-])N(c1cccc2c1CN(Nc1ccncc1)C2)N1CCN(c2ccccn2)CC1. The van der Waals surface area contributed by atoms with Gasteiger partial charge in [0.15, 0.2) is 6.09 Å². The second-order valence-corrected chi connectivity index (χ2v) is 7.82. The van der Waals surface area contributed by atoms with E-state index in [1.165, 1.54) is 5.01 Å². The number of piperazine rings is 1. The van der Waals surface area contributed by atoms with Gasteiger partial charge in [-0.3, -0.25) is 9.99 Å². The molecule has 32 heavy (non-hydrogen) atoms. The maximum atomic E-state index is 12.2. The zero-order valence-corrected chi connectivity index (χ0v) is 17.6. The Morgan fingerprint density at radius 3 is 2.47 bits per heavy atom. The van der Waals surface area contributed by atoms with Crippen LogP contribution in [0.5, 0.6) is 0 Å². The number of amides is 1. The van der Waals surface area contributed by atoms with Crippen LogP contribution in [0.3, 0.4) is 0 Å². The molecule has 164 valence electrons. The summed E-state index contributed by atoms with van der Waals surface area (Å²) in [4.78, 5) is 22.8. The number of hydrazine groups is 2. The van der Waals surface area contributed by atoms with Crippen LogP contribution in [0.2, 0.25) is 0 Å². The minimum Gasteiger partial charge on any atom is -0.529 e. The van der Waals surface area contributed by atoms with E-state index in [4.69, 9.17) is 0 Å². The predicted molar refractivity (Wildman–Crippen MR) is 119 cm³/mol. The predicted octanol–water partition coefficient (Wildman–Crippen LogP) is 1.71. The molecule has 1 fully saturated rings. The molecule has 2 aliphatic rings. The van der Waals surface area contributed by atoms with Crippen molar-refractivity contribution in [2.75, 3.05) is 41.5 Å². The van der Waals surface area contributed by atoms with Crippen molar-refractivity contribution >= 4 is 23.3 Å². The van der Waals surface area contributed by atoms with Crippen LogP contribution in [-0.2, 0) is 13.1 Å². The van der Waals surface area contributed by atoms with Crippen molar-refractivity contribution < 1.29 is 9.90 Å². The van der Waals surface area contributed by atoms with Crippen LogP contribution in [0.1, 0.15) is 11.1 Å². The molecule has 5 rings (SSSR count). The monoisotopic (exact) mass is 430 g/mol. The molecule has 1 aromatic carbocycles. The maximum absolute atomic E-state index is 12.2. The van der Waals surface area contributed by atoms with E-state index in [9.17, 15) is 9.90 Å². The highest BCUT2D eigenvalue weighted by molar-refractivity contribution is 5.85. The summed E-state index contributed by atoms with van der Waals surface area (Å²) in [5.41, 5.74) is 7.06. The molecule has 0 unspecified atom stereocenters. The van der Waals surface area contributed by atoms with E-state index in [-0.39, 0.29) is 0 Å². The number of carbonyl (C=O) groups is 1. The first-order chi connectivity index (χ1) is 15.7. The van der Waals surface area contributed by atoms with Gasteiger partial charge in [-0.15, -0.1) is 0 Å². The van der Waals surface area contributed by atoms with Crippen LogP contribution in [0, 0.1) is 0 Å². The number of rotatable bonds is 5. The summed E-state index contributed by atoms with van der Waals surface area (Å²) >= 11 is 0. The number of anilines is 3. The van der Waals surface area contributed by atoms with E-state index in [2.05, 4.69) is 25.3 Å². The average molecular weight is 430 g/mol. The van der Waals surface area contributed by atoms with E-state index in [0.29, 0.717) is 45.0 Å². The highest BCUT2D eigenvalue weighted by Gasteiger charge is 2.29. The second kappa shape index (κ2) is 8.81. The average Bonchev–Trinajstić information content (AvgIpc) is 3.24. The first-order valence-electron chi connectivity index (χ1n) is 10.6. The molecule has 9 heteroatoms. The van der Waals surface area contributed by atoms with Crippen molar-refractivity contribution in [3.63, 3.8) is 0 Å². The molecule has 0 bridgehead atoms. The summed E-state index contributed by atoms with van der Waals surface area (Å²) in [6.45, 7) is 3.77. The Balaban J connectivity index is 1.33. The lowest BCUT2D eigenvalue weighted by Gasteiger charge is -2.43. The summed E-state index contributed by atoms with van der Waals surface area (Å²) in [7, 11) is 0. The second-order valence-electron chi connectivity index (χ2n) is 7.82. The van der Waals surface area contributed by atoms with Crippen molar-refractivity contribution in [3.8, 4) is 0 Å². The number of aromatic nitrogens is 2. The van der Waals surface area contributed by atoms with E-state index in [0.717, 1.165) is 22.6 Å². The number of hydrogen-bond acceptors (Lipinski definition) is 8. The molecule has 9 nitrogen and oxygen atoms in total. The fourth-order valence-corrected chi connectivity index (χ4v) is 4.32. The largest absolute Gasteiger partial charge is 0.529 e. The van der Waals surface area contributed by atoms with Gasteiger partial charge in [0, 0.05) is 57.9 Å². The topological polar surface area (TPSA) is 90.9 Å². The molecule has 2 aliphatic heterocycles. The lowest BCUT2D eigenvalue weighted by molar-refractivity contribution is -0.250. The fourth-order valence-electron chi connectivity index (χ4n) is 4.32. The molecule has 1 amide bonds. The Kier molecular flexibility index (Phi) is 5.57. The highest BCUT2D eigenvalue weighted by atomic mass is 16.4. The normalized spacial score (nSPS) is 16.6. The number of nitrogens with one attached hydrogen (secondary N) is 1. The molecular weight excluding hydrogens is 406 g/mol. The third-order valence-corrected chi connectivity index (χ3v) is 5.84. The van der Waals surface area contributed by atoms with Gasteiger partial charge in [0.05, 0.1) is 11.4 Å². The lowest BCUT2D eigenvalue weighted by Crippen LogP contribution is -2.59. The molecule has 3 aromatic rings. The third kappa shape index (κ3) is 4.08. The van der Waals surface area contributed by atoms with Crippen molar-refractivity contribution in [1.29, 1.82) is 0 Å². The summed E-state index contributed by atoms with van der Waals surface area (Å²) in [5.74, 6) is 0.908. The van der Waals surface area contributed by atoms with Gasteiger partial charge < -0.3 is 20.2 Å². The molecule has 0 radical (unpaired) electrons. The van der Waals surface area contributed by atoms with Gasteiger partial charge in [0.1, 0.15) is 5.82 Å². The Morgan fingerprint density at radius 2 is 1.75 bits per heavy atom. The highest BCUT2D eigenvalue weighted by Crippen LogP contribution is 2.33. The van der Waals surface area contributed by atoms with Crippen molar-refractivity contribution in [1.82, 2.24) is 20.0 Å². The summed E-state index contributed by atoms with van der Waals surface area (Å²) < 4.78 is 0. The standard InChI is InChI=1S/C23H25N7O2/c31-23(32)30(29-14-12-27(13-15-29)22-6-1-2-9-25-22)21-5-3-4-18-16-28(17-20(18)21)26-19-7-10-24-11-8-19/h1-11H,12-17H2,(H,24,26)(H,31,32)/p-1. The molecule has 0 aliphatic carbocycles. The Bertz CT molecular complexity index is 1070. The molecule has 0 spiro atoms. The van der Waals surface area contributed by atoms with Crippen LogP contribution >= 0.6 is 0 Å². The number of fused-ring (bicyclic) bond motifs is 1. The summed E-state index contributed by atoms with van der Waals surface area (Å²) in [6, 6.07) is 15.4. The molecule has 0 atom stereocenters. The van der Waals surface area contributed by atoms with Crippen LogP contribution < -0.4 is 20.4 Å². The van der Waals surface area contributed by atoms with Gasteiger partial charge in [-0.25, -0.2) is 15.0 Å². The number of pyridine rings is 2. The Labute approximate surface area is 186 Å². The molecule has 1 saturated heterocycles. The zero-order valence-electron chi connectivity index (χ0n) is 17.6. The first kappa shape index (κ1) is 20.2. The van der Waals surface area contributed by atoms with Gasteiger partial charge in [0.25, 0.3) is 0 Å². The minimum atomic E-state index is -1.22. The van der Waals surface area contributed by atoms with Gasteiger partial charge in [-0.1, -0.05) is 18.2 Å². The van der Waals surface area contributed by atoms with Crippen molar-refractivity contribution in [3.05, 3.63) is 78.2 Å². The molecule has 1 N–H and O–H groups in total. The maximum Gasteiger partial charge on any atom is 0.157 e.